The number of carbonyl (C=O) groups excluding carboxylic acids is 2. The van der Waals surface area contributed by atoms with Gasteiger partial charge in [-0.05, 0) is 67.2 Å². The molecule has 2 aromatic carbocycles. The number of anilines is 2. The molecule has 0 spiro atoms. The highest BCUT2D eigenvalue weighted by molar-refractivity contribution is 7.80. The monoisotopic (exact) mass is 455 g/mol. The molecule has 0 aliphatic heterocycles. The van der Waals surface area contributed by atoms with Crippen LogP contribution >= 0.6 is 23.8 Å². The average molecular weight is 456 g/mol. The van der Waals surface area contributed by atoms with Crippen LogP contribution in [0.25, 0.3) is 11.3 Å². The zero-order chi connectivity index (χ0) is 22.5. The predicted molar refractivity (Wildman–Crippen MR) is 127 cm³/mol. The summed E-state index contributed by atoms with van der Waals surface area (Å²) in [6.45, 7) is 5.56. The summed E-state index contributed by atoms with van der Waals surface area (Å²) < 4.78 is 5.65. The first-order valence-electron chi connectivity index (χ1n) is 9.62. The molecule has 1 heterocycles. The second-order valence-electron chi connectivity index (χ2n) is 7.26. The summed E-state index contributed by atoms with van der Waals surface area (Å²) in [4.78, 5) is 24.2. The Bertz CT molecular complexity index is 1120. The molecule has 0 aliphatic rings. The first kappa shape index (κ1) is 22.5. The van der Waals surface area contributed by atoms with Crippen LogP contribution in [0.3, 0.4) is 0 Å². The van der Waals surface area contributed by atoms with Crippen LogP contribution < -0.4 is 16.0 Å². The second-order valence-corrected chi connectivity index (χ2v) is 8.07. The number of aryl methyl sites for hydroxylation is 1. The van der Waals surface area contributed by atoms with E-state index in [1.807, 2.05) is 32.9 Å². The van der Waals surface area contributed by atoms with E-state index in [0.717, 1.165) is 11.1 Å². The highest BCUT2D eigenvalue weighted by Crippen LogP contribution is 2.27. The van der Waals surface area contributed by atoms with E-state index in [4.69, 9.17) is 28.2 Å². The predicted octanol–water partition coefficient (Wildman–Crippen LogP) is 5.63. The number of rotatable bonds is 5. The Kier molecular flexibility index (Phi) is 7.09. The van der Waals surface area contributed by atoms with Gasteiger partial charge in [0.2, 0.25) is 5.91 Å². The maximum absolute atomic E-state index is 12.4. The normalized spacial score (nSPS) is 10.6. The molecule has 3 N–H and O–H groups in total. The van der Waals surface area contributed by atoms with Gasteiger partial charge in [-0.25, -0.2) is 0 Å². The van der Waals surface area contributed by atoms with E-state index in [1.165, 1.54) is 0 Å². The average Bonchev–Trinajstić information content (AvgIpc) is 3.22. The largest absolute Gasteiger partial charge is 0.451 e. The number of halogens is 1. The van der Waals surface area contributed by atoms with Crippen LogP contribution in [-0.4, -0.2) is 16.9 Å². The van der Waals surface area contributed by atoms with E-state index in [0.29, 0.717) is 22.2 Å². The van der Waals surface area contributed by atoms with Crippen LogP contribution in [0.5, 0.6) is 0 Å². The molecule has 6 nitrogen and oxygen atoms in total. The van der Waals surface area contributed by atoms with Crippen molar-refractivity contribution in [1.29, 1.82) is 0 Å². The van der Waals surface area contributed by atoms with Crippen molar-refractivity contribution in [2.45, 2.75) is 20.8 Å². The van der Waals surface area contributed by atoms with Crippen LogP contribution in [0.1, 0.15) is 30.0 Å². The van der Waals surface area contributed by atoms with Gasteiger partial charge in [0.25, 0.3) is 5.91 Å². The number of furan rings is 1. The Morgan fingerprint density at radius 2 is 1.61 bits per heavy atom. The quantitative estimate of drug-likeness (QED) is 0.434. The maximum atomic E-state index is 12.4. The van der Waals surface area contributed by atoms with Crippen molar-refractivity contribution >= 4 is 52.1 Å². The summed E-state index contributed by atoms with van der Waals surface area (Å²) >= 11 is 11.4. The van der Waals surface area contributed by atoms with Gasteiger partial charge in [0, 0.05) is 27.9 Å². The highest BCUT2D eigenvalue weighted by Gasteiger charge is 2.14. The Morgan fingerprint density at radius 3 is 2.23 bits per heavy atom. The van der Waals surface area contributed by atoms with Gasteiger partial charge in [0.1, 0.15) is 5.76 Å². The zero-order valence-electron chi connectivity index (χ0n) is 17.3. The molecule has 31 heavy (non-hydrogen) atoms. The van der Waals surface area contributed by atoms with Crippen LogP contribution in [0.15, 0.2) is 59.0 Å². The van der Waals surface area contributed by atoms with E-state index < -0.39 is 5.91 Å². The van der Waals surface area contributed by atoms with Gasteiger partial charge in [-0.15, -0.1) is 0 Å². The van der Waals surface area contributed by atoms with Crippen LogP contribution in [0, 0.1) is 12.8 Å². The minimum Gasteiger partial charge on any atom is -0.451 e. The van der Waals surface area contributed by atoms with Gasteiger partial charge >= 0.3 is 0 Å². The summed E-state index contributed by atoms with van der Waals surface area (Å²) in [6.07, 6.45) is 0. The van der Waals surface area contributed by atoms with E-state index in [-0.39, 0.29) is 22.7 Å². The lowest BCUT2D eigenvalue weighted by Gasteiger charge is -2.11. The lowest BCUT2D eigenvalue weighted by molar-refractivity contribution is -0.118. The molecule has 0 saturated heterocycles. The fourth-order valence-corrected chi connectivity index (χ4v) is 3.00. The molecule has 3 aromatic rings. The molecule has 0 fully saturated rings. The van der Waals surface area contributed by atoms with E-state index >= 15 is 0 Å². The minimum absolute atomic E-state index is 0.0609. The van der Waals surface area contributed by atoms with Crippen LogP contribution in [-0.2, 0) is 4.79 Å². The number of amides is 2. The third-order valence-electron chi connectivity index (χ3n) is 4.45. The van der Waals surface area contributed by atoms with Gasteiger partial charge in [-0.3, -0.25) is 14.9 Å². The highest BCUT2D eigenvalue weighted by atomic mass is 35.5. The van der Waals surface area contributed by atoms with Crippen molar-refractivity contribution in [3.63, 3.8) is 0 Å². The maximum Gasteiger partial charge on any atom is 0.293 e. The molecule has 0 saturated carbocycles. The number of benzene rings is 2. The molecule has 0 bridgehead atoms. The molecule has 8 heteroatoms. The summed E-state index contributed by atoms with van der Waals surface area (Å²) in [5.41, 5.74) is 3.09. The number of hydrogen-bond donors (Lipinski definition) is 3. The van der Waals surface area contributed by atoms with E-state index in [9.17, 15) is 9.59 Å². The van der Waals surface area contributed by atoms with Crippen molar-refractivity contribution in [1.82, 2.24) is 5.32 Å². The third kappa shape index (κ3) is 5.93. The molecule has 0 aliphatic carbocycles. The van der Waals surface area contributed by atoms with Gasteiger partial charge in [0.15, 0.2) is 10.9 Å². The summed E-state index contributed by atoms with van der Waals surface area (Å²) in [5, 5.41) is 9.07. The second kappa shape index (κ2) is 9.76. The fourth-order valence-electron chi connectivity index (χ4n) is 2.61. The molecule has 3 rings (SSSR count). The van der Waals surface area contributed by atoms with Gasteiger partial charge in [-0.2, -0.15) is 0 Å². The lowest BCUT2D eigenvalue weighted by atomic mass is 10.1. The van der Waals surface area contributed by atoms with Gasteiger partial charge in [-0.1, -0.05) is 37.6 Å². The first-order valence-corrected chi connectivity index (χ1v) is 10.4. The molecule has 0 unspecified atom stereocenters. The molecule has 0 atom stereocenters. The molecule has 2 amide bonds. The van der Waals surface area contributed by atoms with Crippen molar-refractivity contribution in [3.8, 4) is 11.3 Å². The lowest BCUT2D eigenvalue weighted by Crippen LogP contribution is -2.33. The topological polar surface area (TPSA) is 83.4 Å². The number of hydrogen-bond acceptors (Lipinski definition) is 4. The van der Waals surface area contributed by atoms with Crippen molar-refractivity contribution in [3.05, 3.63) is 70.9 Å². The molecule has 1 aromatic heterocycles. The number of nitrogens with one attached hydrogen (secondary N) is 3. The standard InChI is InChI=1S/C23H22ClN3O3S/c1-13(2)21(28)25-16-6-8-17(9-7-16)26-23(31)27-22(29)20-11-10-19(30-20)15-5-4-14(3)18(24)12-15/h4-13H,1-3H3,(H,25,28)(H2,26,27,29,31). The summed E-state index contributed by atoms with van der Waals surface area (Å²) in [5.74, 6) is 0.0234. The Morgan fingerprint density at radius 1 is 0.968 bits per heavy atom. The van der Waals surface area contributed by atoms with E-state index in [1.54, 1.807) is 42.5 Å². The van der Waals surface area contributed by atoms with Gasteiger partial charge in [0.05, 0.1) is 0 Å². The number of thiocarbonyl (C=S) groups is 1. The van der Waals surface area contributed by atoms with Crippen molar-refractivity contribution < 1.29 is 14.0 Å². The Hall–Kier alpha value is -3.16. The van der Waals surface area contributed by atoms with Crippen molar-refractivity contribution in [2.75, 3.05) is 10.6 Å². The minimum atomic E-state index is -0.470. The Balaban J connectivity index is 1.58. The molecule has 0 radical (unpaired) electrons. The summed E-state index contributed by atoms with van der Waals surface area (Å²) in [6, 6.07) is 15.8. The molecule has 160 valence electrons. The van der Waals surface area contributed by atoms with E-state index in [2.05, 4.69) is 16.0 Å². The Labute approximate surface area is 191 Å². The van der Waals surface area contributed by atoms with Crippen LogP contribution in [0.4, 0.5) is 11.4 Å². The number of carbonyl (C=O) groups is 2. The molecular weight excluding hydrogens is 434 g/mol. The summed E-state index contributed by atoms with van der Waals surface area (Å²) in [7, 11) is 0. The third-order valence-corrected chi connectivity index (χ3v) is 5.06. The fraction of sp³-hybridized carbons (Fsp3) is 0.174. The smallest absolute Gasteiger partial charge is 0.293 e. The molecular formula is C23H22ClN3O3S. The van der Waals surface area contributed by atoms with Gasteiger partial charge < -0.3 is 15.1 Å². The SMILES string of the molecule is Cc1ccc(-c2ccc(C(=O)NC(=S)Nc3ccc(NC(=O)C(C)C)cc3)o2)cc1Cl. The zero-order valence-corrected chi connectivity index (χ0v) is 18.9. The first-order chi connectivity index (χ1) is 14.7. The van der Waals surface area contributed by atoms with Crippen molar-refractivity contribution in [2.24, 2.45) is 5.92 Å². The van der Waals surface area contributed by atoms with Crippen LogP contribution in [0.2, 0.25) is 5.02 Å².